The van der Waals surface area contributed by atoms with E-state index in [2.05, 4.69) is 65.4 Å². The van der Waals surface area contributed by atoms with E-state index in [9.17, 15) is 4.79 Å². The van der Waals surface area contributed by atoms with Crippen LogP contribution in [0.2, 0.25) is 0 Å². The molecule has 0 spiro atoms. The van der Waals surface area contributed by atoms with E-state index in [1.807, 2.05) is 0 Å². The minimum Gasteiger partial charge on any atom is -0.351 e. The minimum atomic E-state index is -0.136. The molecule has 0 fully saturated rings. The summed E-state index contributed by atoms with van der Waals surface area (Å²) in [6, 6.07) is 10.6. The molecular formula is C23H23N9O. The van der Waals surface area contributed by atoms with Gasteiger partial charge in [-0.25, -0.2) is 14.6 Å². The predicted octanol–water partition coefficient (Wildman–Crippen LogP) is 2.10. The number of hydrogen-bond acceptors (Lipinski definition) is 7. The van der Waals surface area contributed by atoms with Crippen molar-refractivity contribution >= 4 is 17.7 Å². The van der Waals surface area contributed by atoms with Gasteiger partial charge in [0.15, 0.2) is 5.82 Å². The van der Waals surface area contributed by atoms with Crippen LogP contribution in [0.1, 0.15) is 28.9 Å². The largest absolute Gasteiger partial charge is 0.351 e. The van der Waals surface area contributed by atoms with Gasteiger partial charge in [0, 0.05) is 30.6 Å². The molecule has 3 aromatic heterocycles. The molecule has 1 aromatic carbocycles. The summed E-state index contributed by atoms with van der Waals surface area (Å²) in [5.41, 5.74) is 5.39. The normalized spacial score (nSPS) is 17.4. The van der Waals surface area contributed by atoms with Crippen molar-refractivity contribution in [3.05, 3.63) is 71.4 Å². The Bertz CT molecular complexity index is 1270. The van der Waals surface area contributed by atoms with Crippen molar-refractivity contribution in [2.45, 2.75) is 38.1 Å². The quantitative estimate of drug-likeness (QED) is 0.433. The second-order valence-corrected chi connectivity index (χ2v) is 8.59. The number of carbonyl (C=O) groups excluding carboxylic acids is 1. The zero-order valence-corrected chi connectivity index (χ0v) is 17.9. The monoisotopic (exact) mass is 441 g/mol. The molecule has 0 aliphatic heterocycles. The van der Waals surface area contributed by atoms with Gasteiger partial charge < -0.3 is 10.6 Å². The minimum absolute atomic E-state index is 0.0535. The van der Waals surface area contributed by atoms with E-state index in [0.29, 0.717) is 24.2 Å². The van der Waals surface area contributed by atoms with E-state index in [0.717, 1.165) is 42.8 Å². The maximum absolute atomic E-state index is 12.7. The molecule has 2 aliphatic rings. The highest BCUT2D eigenvalue weighted by atomic mass is 16.2. The number of nitrogens with one attached hydrogen (secondary N) is 3. The molecule has 0 radical (unpaired) electrons. The lowest BCUT2D eigenvalue weighted by molar-refractivity contribution is -0.120. The van der Waals surface area contributed by atoms with E-state index >= 15 is 0 Å². The van der Waals surface area contributed by atoms with Crippen LogP contribution in [0, 0.1) is 5.92 Å². The van der Waals surface area contributed by atoms with Crippen LogP contribution < -0.4 is 10.6 Å². The van der Waals surface area contributed by atoms with Crippen LogP contribution in [-0.2, 0) is 30.5 Å². The van der Waals surface area contributed by atoms with Gasteiger partial charge in [0.25, 0.3) is 0 Å². The first kappa shape index (κ1) is 19.6. The van der Waals surface area contributed by atoms with Crippen molar-refractivity contribution in [2.24, 2.45) is 5.92 Å². The van der Waals surface area contributed by atoms with Crippen molar-refractivity contribution in [3.8, 4) is 5.69 Å². The van der Waals surface area contributed by atoms with Gasteiger partial charge in [-0.15, -0.1) is 10.2 Å². The van der Waals surface area contributed by atoms with Gasteiger partial charge in [-0.3, -0.25) is 9.89 Å². The van der Waals surface area contributed by atoms with E-state index in [1.165, 1.54) is 11.1 Å². The maximum Gasteiger partial charge on any atom is 0.229 e. The van der Waals surface area contributed by atoms with Gasteiger partial charge in [-0.1, -0.05) is 29.5 Å². The topological polar surface area (TPSA) is 126 Å². The van der Waals surface area contributed by atoms with Gasteiger partial charge in [-0.05, 0) is 36.8 Å². The summed E-state index contributed by atoms with van der Waals surface area (Å²) in [6.45, 7) is 0. The van der Waals surface area contributed by atoms with Gasteiger partial charge >= 0.3 is 0 Å². The fourth-order valence-electron chi connectivity index (χ4n) is 4.63. The number of benzene rings is 1. The number of aromatic nitrogens is 7. The third-order valence-corrected chi connectivity index (χ3v) is 6.38. The van der Waals surface area contributed by atoms with Crippen LogP contribution in [0.25, 0.3) is 5.69 Å². The second kappa shape index (κ2) is 8.12. The molecule has 10 heteroatoms. The highest BCUT2D eigenvalue weighted by Crippen LogP contribution is 2.25. The Balaban J connectivity index is 1.07. The molecule has 1 atom stereocenters. The maximum atomic E-state index is 12.7. The molecule has 3 heterocycles. The highest BCUT2D eigenvalue weighted by Gasteiger charge is 2.27. The highest BCUT2D eigenvalue weighted by molar-refractivity contribution is 5.92. The second-order valence-electron chi connectivity index (χ2n) is 8.59. The number of anilines is 2. The molecule has 166 valence electrons. The lowest BCUT2D eigenvalue weighted by Crippen LogP contribution is -2.28. The van der Waals surface area contributed by atoms with Crippen LogP contribution in [-0.4, -0.2) is 47.1 Å². The van der Waals surface area contributed by atoms with Gasteiger partial charge in [-0.2, -0.15) is 0 Å². The fourth-order valence-corrected chi connectivity index (χ4v) is 4.63. The summed E-state index contributed by atoms with van der Waals surface area (Å²) in [4.78, 5) is 21.6. The van der Waals surface area contributed by atoms with Crippen molar-refractivity contribution in [1.29, 1.82) is 0 Å². The Kier molecular flexibility index (Phi) is 4.82. The molecule has 4 aromatic rings. The Labute approximate surface area is 189 Å². The smallest absolute Gasteiger partial charge is 0.229 e. The molecule has 1 amide bonds. The number of H-pyrrole nitrogens is 1. The summed E-state index contributed by atoms with van der Waals surface area (Å²) in [7, 11) is 0. The average molecular weight is 441 g/mol. The van der Waals surface area contributed by atoms with Crippen molar-refractivity contribution in [3.63, 3.8) is 0 Å². The summed E-state index contributed by atoms with van der Waals surface area (Å²) < 4.78 is 1.65. The molecule has 0 saturated carbocycles. The molecule has 0 unspecified atom stereocenters. The van der Waals surface area contributed by atoms with Crippen LogP contribution in [0.15, 0.2) is 48.9 Å². The molecular weight excluding hydrogens is 418 g/mol. The number of hydrogen-bond donors (Lipinski definition) is 3. The third-order valence-electron chi connectivity index (χ3n) is 6.38. The number of carbonyl (C=O) groups is 1. The van der Waals surface area contributed by atoms with Gasteiger partial charge in [0.05, 0.1) is 23.8 Å². The summed E-state index contributed by atoms with van der Waals surface area (Å²) in [6.07, 6.45) is 9.31. The first-order valence-corrected chi connectivity index (χ1v) is 11.1. The molecule has 10 nitrogen and oxygen atoms in total. The number of amides is 1. The van der Waals surface area contributed by atoms with Crippen molar-refractivity contribution < 1.29 is 4.79 Å². The van der Waals surface area contributed by atoms with Crippen LogP contribution in [0.4, 0.5) is 11.8 Å². The van der Waals surface area contributed by atoms with E-state index in [1.54, 1.807) is 29.3 Å². The number of fused-ring (bicyclic) bond motifs is 2. The average Bonchev–Trinajstić information content (AvgIpc) is 3.58. The van der Waals surface area contributed by atoms with E-state index in [4.69, 9.17) is 0 Å². The first-order chi connectivity index (χ1) is 16.2. The molecule has 0 saturated heterocycles. The van der Waals surface area contributed by atoms with Crippen molar-refractivity contribution in [1.82, 2.24) is 35.2 Å². The summed E-state index contributed by atoms with van der Waals surface area (Å²) >= 11 is 0. The lowest BCUT2D eigenvalue weighted by atomic mass is 9.89. The first-order valence-electron chi connectivity index (χ1n) is 11.1. The molecule has 2 aliphatic carbocycles. The molecule has 33 heavy (non-hydrogen) atoms. The van der Waals surface area contributed by atoms with Gasteiger partial charge in [0.2, 0.25) is 11.9 Å². The Morgan fingerprint density at radius 3 is 2.64 bits per heavy atom. The number of aryl methyl sites for hydroxylation is 1. The number of aromatic amines is 1. The number of nitrogens with zero attached hydrogens (tertiary/aromatic N) is 6. The summed E-state index contributed by atoms with van der Waals surface area (Å²) in [5, 5.41) is 21.6. The Morgan fingerprint density at radius 2 is 1.85 bits per heavy atom. The zero-order valence-electron chi connectivity index (χ0n) is 17.9. The van der Waals surface area contributed by atoms with E-state index < -0.39 is 0 Å². The van der Waals surface area contributed by atoms with E-state index in [-0.39, 0.29) is 11.8 Å². The SMILES string of the molecule is O=C(Nc1ccn(-c2cnc(NC3Cc4ccccc4C3)nc2)n1)[C@H]1CCc2[nH]nnc2C1. The van der Waals surface area contributed by atoms with Gasteiger partial charge in [0.1, 0.15) is 5.69 Å². The Morgan fingerprint density at radius 1 is 1.06 bits per heavy atom. The molecule has 6 rings (SSSR count). The van der Waals surface area contributed by atoms with Crippen LogP contribution in [0.5, 0.6) is 0 Å². The number of rotatable bonds is 5. The zero-order chi connectivity index (χ0) is 22.2. The molecule has 0 bridgehead atoms. The Hall–Kier alpha value is -4.08. The molecule has 3 N–H and O–H groups in total. The predicted molar refractivity (Wildman–Crippen MR) is 121 cm³/mol. The van der Waals surface area contributed by atoms with Crippen LogP contribution in [0.3, 0.4) is 0 Å². The standard InChI is InChI=1S/C23H23N9O/c33-22(16-5-6-19-20(11-16)29-31-28-19)27-21-7-8-32(30-21)18-12-24-23(25-13-18)26-17-9-14-3-1-2-4-15(14)10-17/h1-4,7-8,12-13,16-17H,5-6,9-11H2,(H,24,25,26)(H,27,30,33)(H,28,29,31)/t16-/m0/s1. The third kappa shape index (κ3) is 3.95. The summed E-state index contributed by atoms with van der Waals surface area (Å²) in [5.74, 6) is 0.907. The lowest BCUT2D eigenvalue weighted by Gasteiger charge is -2.19. The van der Waals surface area contributed by atoms with Crippen molar-refractivity contribution in [2.75, 3.05) is 10.6 Å². The fraction of sp³-hybridized carbons (Fsp3) is 0.304. The van der Waals surface area contributed by atoms with Crippen LogP contribution >= 0.6 is 0 Å².